The summed E-state index contributed by atoms with van der Waals surface area (Å²) in [5, 5.41) is 19.8. The molecular formula is C26H28F3N7O. The third kappa shape index (κ3) is 4.83. The van der Waals surface area contributed by atoms with E-state index in [2.05, 4.69) is 28.2 Å². The Balaban J connectivity index is 1.42. The molecule has 2 aromatic heterocycles. The molecule has 3 aromatic rings. The lowest BCUT2D eigenvalue weighted by Crippen LogP contribution is -2.42. The normalized spacial score (nSPS) is 18.0. The fourth-order valence-electron chi connectivity index (χ4n) is 4.83. The number of anilines is 2. The first-order valence-corrected chi connectivity index (χ1v) is 12.1. The molecule has 2 aliphatic rings. The summed E-state index contributed by atoms with van der Waals surface area (Å²) in [6.45, 7) is 6.30. The third-order valence-corrected chi connectivity index (χ3v) is 7.07. The van der Waals surface area contributed by atoms with E-state index < -0.39 is 17.5 Å². The van der Waals surface area contributed by atoms with Gasteiger partial charge in [-0.25, -0.2) is 0 Å². The number of pyridine rings is 1. The quantitative estimate of drug-likeness (QED) is 0.411. The summed E-state index contributed by atoms with van der Waals surface area (Å²) in [6.07, 6.45) is -2.45. The summed E-state index contributed by atoms with van der Waals surface area (Å²) in [7, 11) is 0. The van der Waals surface area contributed by atoms with E-state index in [4.69, 9.17) is 20.5 Å². The average molecular weight is 512 g/mol. The van der Waals surface area contributed by atoms with Gasteiger partial charge in [0.2, 0.25) is 5.84 Å². The van der Waals surface area contributed by atoms with Gasteiger partial charge in [0, 0.05) is 43.9 Å². The van der Waals surface area contributed by atoms with E-state index in [1.165, 1.54) is 0 Å². The summed E-state index contributed by atoms with van der Waals surface area (Å²) < 4.78 is 46.2. The van der Waals surface area contributed by atoms with Gasteiger partial charge < -0.3 is 14.5 Å². The van der Waals surface area contributed by atoms with Crippen molar-refractivity contribution in [1.82, 2.24) is 14.8 Å². The molecule has 1 saturated heterocycles. The Hall–Kier alpha value is -3.73. The fourth-order valence-corrected chi connectivity index (χ4v) is 4.83. The summed E-state index contributed by atoms with van der Waals surface area (Å²) >= 11 is 0. The molecular weight excluding hydrogens is 483 g/mol. The molecule has 1 aromatic carbocycles. The van der Waals surface area contributed by atoms with Crippen LogP contribution in [0.1, 0.15) is 34.1 Å². The van der Waals surface area contributed by atoms with Gasteiger partial charge in [0.1, 0.15) is 6.10 Å². The lowest BCUT2D eigenvalue weighted by molar-refractivity contribution is -0.0632. The van der Waals surface area contributed by atoms with Crippen LogP contribution in [0.4, 0.5) is 24.7 Å². The van der Waals surface area contributed by atoms with Crippen LogP contribution in [0.5, 0.6) is 0 Å². The van der Waals surface area contributed by atoms with Crippen molar-refractivity contribution in [1.29, 1.82) is 10.8 Å². The summed E-state index contributed by atoms with van der Waals surface area (Å²) in [4.78, 5) is 8.85. The van der Waals surface area contributed by atoms with E-state index in [9.17, 15) is 13.2 Å². The number of nitrogens with one attached hydrogen (secondary N) is 2. The minimum Gasteiger partial charge on any atom is -0.370 e. The van der Waals surface area contributed by atoms with Gasteiger partial charge in [-0.05, 0) is 36.6 Å². The zero-order valence-corrected chi connectivity index (χ0v) is 20.6. The minimum atomic E-state index is -4.91. The molecule has 11 heteroatoms. The Labute approximate surface area is 212 Å². The first-order chi connectivity index (χ1) is 17.6. The Morgan fingerprint density at radius 3 is 2.57 bits per heavy atom. The van der Waals surface area contributed by atoms with Crippen molar-refractivity contribution < 1.29 is 17.9 Å². The van der Waals surface area contributed by atoms with E-state index in [-0.39, 0.29) is 6.10 Å². The van der Waals surface area contributed by atoms with E-state index >= 15 is 0 Å². The molecule has 0 saturated carbocycles. The maximum Gasteiger partial charge on any atom is 0.451 e. The molecule has 194 valence electrons. The number of ether oxygens (including phenoxy) is 1. The van der Waals surface area contributed by atoms with Gasteiger partial charge in [0.15, 0.2) is 11.3 Å². The molecule has 0 aliphatic carbocycles. The number of rotatable bonds is 3. The van der Waals surface area contributed by atoms with Crippen LogP contribution in [-0.4, -0.2) is 53.0 Å². The second-order valence-corrected chi connectivity index (χ2v) is 9.37. The van der Waals surface area contributed by atoms with Crippen LogP contribution < -0.4 is 15.3 Å². The standard InChI is InChI=1S/C26H28F3N7O/c1-16-17(2)24(33-36(23(16)30)25(31)26(27,28)29)35-9-8-21-19(14-35)12-20(13-32-21)34-10-11-37-22(15-34)18-6-4-3-5-7-18/h3-7,12-13,22,30-31H,8-11,14-15H2,1-2H3/t22-/m1/s1. The highest BCUT2D eigenvalue weighted by molar-refractivity contribution is 5.86. The van der Waals surface area contributed by atoms with E-state index in [0.717, 1.165) is 29.1 Å². The van der Waals surface area contributed by atoms with Gasteiger partial charge in [0.25, 0.3) is 0 Å². The van der Waals surface area contributed by atoms with Crippen LogP contribution in [-0.2, 0) is 17.7 Å². The molecule has 0 radical (unpaired) electrons. The predicted octanol–water partition coefficient (Wildman–Crippen LogP) is 3.90. The van der Waals surface area contributed by atoms with Crippen LogP contribution in [0.3, 0.4) is 0 Å². The molecule has 0 spiro atoms. The average Bonchev–Trinajstić information content (AvgIpc) is 2.91. The highest BCUT2D eigenvalue weighted by Crippen LogP contribution is 2.30. The number of hydrogen-bond acceptors (Lipinski definition) is 7. The van der Waals surface area contributed by atoms with E-state index in [0.29, 0.717) is 54.3 Å². The highest BCUT2D eigenvalue weighted by Gasteiger charge is 2.38. The molecule has 0 unspecified atom stereocenters. The molecule has 1 atom stereocenters. The SMILES string of the molecule is Cc1c(N2CCc3ncc(N4CCO[C@@H](c5ccccc5)C4)cc3C2)nn(C(=N)C(F)(F)F)c(=N)c1C. The first kappa shape index (κ1) is 24.9. The van der Waals surface area contributed by atoms with Crippen molar-refractivity contribution in [3.8, 4) is 0 Å². The molecule has 37 heavy (non-hydrogen) atoms. The summed E-state index contributed by atoms with van der Waals surface area (Å²) in [6, 6.07) is 12.2. The van der Waals surface area contributed by atoms with Crippen molar-refractivity contribution in [2.24, 2.45) is 0 Å². The Morgan fingerprint density at radius 1 is 1.08 bits per heavy atom. The maximum absolute atomic E-state index is 13.3. The largest absolute Gasteiger partial charge is 0.451 e. The fraction of sp³-hybridized carbons (Fsp3) is 0.385. The summed E-state index contributed by atoms with van der Waals surface area (Å²) in [5.41, 5.74) is 4.58. The Morgan fingerprint density at radius 2 is 1.84 bits per heavy atom. The van der Waals surface area contributed by atoms with E-state index in [1.54, 1.807) is 13.8 Å². The number of alkyl halides is 3. The number of fused-ring (bicyclic) bond motifs is 1. The van der Waals surface area contributed by atoms with Crippen LogP contribution >= 0.6 is 0 Å². The number of morpholine rings is 1. The van der Waals surface area contributed by atoms with Crippen molar-refractivity contribution >= 4 is 17.3 Å². The van der Waals surface area contributed by atoms with Crippen LogP contribution in [0.15, 0.2) is 42.6 Å². The zero-order valence-electron chi connectivity index (χ0n) is 20.6. The smallest absolute Gasteiger partial charge is 0.370 e. The number of nitrogens with zero attached hydrogens (tertiary/aromatic N) is 5. The van der Waals surface area contributed by atoms with E-state index in [1.807, 2.05) is 29.3 Å². The third-order valence-electron chi connectivity index (χ3n) is 7.07. The maximum atomic E-state index is 13.3. The molecule has 1 fully saturated rings. The van der Waals surface area contributed by atoms with Crippen molar-refractivity contribution in [2.45, 2.75) is 39.1 Å². The van der Waals surface area contributed by atoms with Crippen molar-refractivity contribution in [3.05, 3.63) is 76.0 Å². The minimum absolute atomic E-state index is 0.0416. The van der Waals surface area contributed by atoms with Gasteiger partial charge in [-0.3, -0.25) is 15.8 Å². The van der Waals surface area contributed by atoms with Crippen molar-refractivity contribution in [3.63, 3.8) is 0 Å². The lowest BCUT2D eigenvalue weighted by atomic mass is 10.0. The molecule has 2 N–H and O–H groups in total. The zero-order chi connectivity index (χ0) is 26.3. The number of benzene rings is 1. The van der Waals surface area contributed by atoms with Gasteiger partial charge in [-0.2, -0.15) is 17.9 Å². The van der Waals surface area contributed by atoms with Crippen molar-refractivity contribution in [2.75, 3.05) is 36.0 Å². The lowest BCUT2D eigenvalue weighted by Gasteiger charge is -2.36. The molecule has 2 aliphatic heterocycles. The predicted molar refractivity (Wildman–Crippen MR) is 133 cm³/mol. The van der Waals surface area contributed by atoms with Gasteiger partial charge in [0.05, 0.1) is 18.5 Å². The molecule has 0 bridgehead atoms. The van der Waals surface area contributed by atoms with Gasteiger partial charge in [-0.1, -0.05) is 30.3 Å². The molecule has 5 rings (SSSR count). The Kier molecular flexibility index (Phi) is 6.49. The summed E-state index contributed by atoms with van der Waals surface area (Å²) in [5.74, 6) is -1.34. The molecule has 8 nitrogen and oxygen atoms in total. The second kappa shape index (κ2) is 9.62. The first-order valence-electron chi connectivity index (χ1n) is 12.1. The number of hydrogen-bond donors (Lipinski definition) is 2. The van der Waals surface area contributed by atoms with Gasteiger partial charge in [-0.15, -0.1) is 5.10 Å². The second-order valence-electron chi connectivity index (χ2n) is 9.37. The molecule has 0 amide bonds. The number of aromatic nitrogens is 3. The monoisotopic (exact) mass is 511 g/mol. The highest BCUT2D eigenvalue weighted by atomic mass is 19.4. The Bertz CT molecular complexity index is 1390. The number of halogens is 3. The topological polar surface area (TPSA) is 94.1 Å². The van der Waals surface area contributed by atoms with Gasteiger partial charge >= 0.3 is 6.18 Å². The van der Waals surface area contributed by atoms with Crippen LogP contribution in [0.2, 0.25) is 0 Å². The van der Waals surface area contributed by atoms with Crippen LogP contribution in [0.25, 0.3) is 0 Å². The van der Waals surface area contributed by atoms with Crippen LogP contribution in [0, 0.1) is 24.7 Å². The molecule has 4 heterocycles.